The van der Waals surface area contributed by atoms with Crippen LogP contribution >= 0.6 is 0 Å². The lowest BCUT2D eigenvalue weighted by atomic mass is 10.0. The van der Waals surface area contributed by atoms with Gasteiger partial charge >= 0.3 is 0 Å². The Balaban J connectivity index is 2.54. The van der Waals surface area contributed by atoms with Gasteiger partial charge in [-0.25, -0.2) is 0 Å². The summed E-state index contributed by atoms with van der Waals surface area (Å²) in [6.45, 7) is 4.78. The fourth-order valence-corrected chi connectivity index (χ4v) is 2.05. The fourth-order valence-electron chi connectivity index (χ4n) is 2.05. The SMILES string of the molecule is CCCCC(C)C(=O)N(C)Cc1cccc(N)c1. The molecule has 1 aromatic carbocycles. The Morgan fingerprint density at radius 2 is 2.17 bits per heavy atom. The predicted molar refractivity (Wildman–Crippen MR) is 76.0 cm³/mol. The molecule has 0 spiro atoms. The summed E-state index contributed by atoms with van der Waals surface area (Å²) < 4.78 is 0. The first-order valence-electron chi connectivity index (χ1n) is 6.64. The van der Waals surface area contributed by atoms with Gasteiger partial charge in [0.05, 0.1) is 0 Å². The van der Waals surface area contributed by atoms with Crippen LogP contribution in [0, 0.1) is 5.92 Å². The van der Waals surface area contributed by atoms with Crippen LogP contribution in [-0.4, -0.2) is 17.9 Å². The minimum absolute atomic E-state index is 0.107. The van der Waals surface area contributed by atoms with Gasteiger partial charge in [-0.2, -0.15) is 0 Å². The van der Waals surface area contributed by atoms with Crippen LogP contribution < -0.4 is 5.73 Å². The number of carbonyl (C=O) groups is 1. The number of nitrogens with two attached hydrogens (primary N) is 1. The van der Waals surface area contributed by atoms with Crippen LogP contribution in [0.3, 0.4) is 0 Å². The van der Waals surface area contributed by atoms with Gasteiger partial charge in [0.15, 0.2) is 0 Å². The Labute approximate surface area is 110 Å². The fraction of sp³-hybridized carbons (Fsp3) is 0.533. The molecule has 1 aromatic rings. The first kappa shape index (κ1) is 14.6. The van der Waals surface area contributed by atoms with Gasteiger partial charge in [-0.05, 0) is 24.1 Å². The van der Waals surface area contributed by atoms with Crippen LogP contribution in [0.1, 0.15) is 38.7 Å². The normalized spacial score (nSPS) is 12.2. The highest BCUT2D eigenvalue weighted by Gasteiger charge is 2.16. The molecule has 3 heteroatoms. The maximum absolute atomic E-state index is 12.1. The van der Waals surface area contributed by atoms with Crippen molar-refractivity contribution in [3.05, 3.63) is 29.8 Å². The van der Waals surface area contributed by atoms with Crippen molar-refractivity contribution in [1.82, 2.24) is 4.90 Å². The van der Waals surface area contributed by atoms with Crippen LogP contribution in [-0.2, 0) is 11.3 Å². The van der Waals surface area contributed by atoms with Crippen molar-refractivity contribution in [2.45, 2.75) is 39.7 Å². The number of nitrogen functional groups attached to an aromatic ring is 1. The molecular formula is C15H24N2O. The number of benzene rings is 1. The van der Waals surface area contributed by atoms with Crippen LogP contribution in [0.25, 0.3) is 0 Å². The molecule has 0 saturated carbocycles. The Bertz CT molecular complexity index is 390. The van der Waals surface area contributed by atoms with Crippen molar-refractivity contribution in [2.75, 3.05) is 12.8 Å². The second-order valence-electron chi connectivity index (χ2n) is 4.98. The van der Waals surface area contributed by atoms with E-state index in [-0.39, 0.29) is 11.8 Å². The minimum atomic E-state index is 0.107. The van der Waals surface area contributed by atoms with Crippen LogP contribution in [0.4, 0.5) is 5.69 Å². The molecule has 3 nitrogen and oxygen atoms in total. The number of hydrogen-bond donors (Lipinski definition) is 1. The van der Waals surface area contributed by atoms with Crippen molar-refractivity contribution in [3.8, 4) is 0 Å². The molecule has 100 valence electrons. The van der Waals surface area contributed by atoms with Gasteiger partial charge in [0.25, 0.3) is 0 Å². The summed E-state index contributed by atoms with van der Waals surface area (Å²) in [4.78, 5) is 13.9. The summed E-state index contributed by atoms with van der Waals surface area (Å²) in [5, 5.41) is 0. The van der Waals surface area contributed by atoms with Crippen LogP contribution in [0.2, 0.25) is 0 Å². The average molecular weight is 248 g/mol. The molecule has 0 heterocycles. The minimum Gasteiger partial charge on any atom is -0.399 e. The summed E-state index contributed by atoms with van der Waals surface area (Å²) in [6.07, 6.45) is 3.21. The highest BCUT2D eigenvalue weighted by molar-refractivity contribution is 5.78. The second-order valence-corrected chi connectivity index (χ2v) is 4.98. The Hall–Kier alpha value is -1.51. The van der Waals surface area contributed by atoms with E-state index in [1.54, 1.807) is 4.90 Å². The summed E-state index contributed by atoms with van der Waals surface area (Å²) in [5.74, 6) is 0.321. The number of amides is 1. The summed E-state index contributed by atoms with van der Waals surface area (Å²) in [6, 6.07) is 7.69. The monoisotopic (exact) mass is 248 g/mol. The van der Waals surface area contributed by atoms with E-state index >= 15 is 0 Å². The van der Waals surface area contributed by atoms with E-state index in [1.165, 1.54) is 0 Å². The molecule has 0 bridgehead atoms. The third-order valence-electron chi connectivity index (χ3n) is 3.16. The van der Waals surface area contributed by atoms with Gasteiger partial charge in [-0.15, -0.1) is 0 Å². The van der Waals surface area contributed by atoms with Crippen molar-refractivity contribution < 1.29 is 4.79 Å². The molecule has 0 aliphatic rings. The third kappa shape index (κ3) is 4.40. The van der Waals surface area contributed by atoms with Gasteiger partial charge in [-0.1, -0.05) is 38.8 Å². The smallest absolute Gasteiger partial charge is 0.225 e. The number of nitrogens with zero attached hydrogens (tertiary/aromatic N) is 1. The molecule has 1 rings (SSSR count). The molecule has 1 amide bonds. The summed E-state index contributed by atoms with van der Waals surface area (Å²) >= 11 is 0. The van der Waals surface area contributed by atoms with E-state index < -0.39 is 0 Å². The zero-order chi connectivity index (χ0) is 13.5. The van der Waals surface area contributed by atoms with Gasteiger partial charge < -0.3 is 10.6 Å². The van der Waals surface area contributed by atoms with Crippen molar-refractivity contribution in [3.63, 3.8) is 0 Å². The number of carbonyl (C=O) groups excluding carboxylic acids is 1. The van der Waals surface area contributed by atoms with Crippen molar-refractivity contribution >= 4 is 11.6 Å². The van der Waals surface area contributed by atoms with Gasteiger partial charge in [0, 0.05) is 25.2 Å². The highest BCUT2D eigenvalue weighted by atomic mass is 16.2. The molecule has 0 fully saturated rings. The van der Waals surface area contributed by atoms with E-state index in [0.717, 1.165) is 30.5 Å². The maximum Gasteiger partial charge on any atom is 0.225 e. The lowest BCUT2D eigenvalue weighted by Crippen LogP contribution is -2.31. The standard InChI is InChI=1S/C15H24N2O/c1-4-5-7-12(2)15(18)17(3)11-13-8-6-9-14(16)10-13/h6,8-10,12H,4-5,7,11,16H2,1-3H3. The molecule has 0 aliphatic carbocycles. The first-order chi connectivity index (χ1) is 8.54. The average Bonchev–Trinajstić information content (AvgIpc) is 2.35. The Kier molecular flexibility index (Phi) is 5.69. The van der Waals surface area contributed by atoms with E-state index in [0.29, 0.717) is 6.54 Å². The molecule has 0 aromatic heterocycles. The lowest BCUT2D eigenvalue weighted by Gasteiger charge is -2.21. The highest BCUT2D eigenvalue weighted by Crippen LogP contribution is 2.14. The zero-order valence-corrected chi connectivity index (χ0v) is 11.6. The Morgan fingerprint density at radius 1 is 1.44 bits per heavy atom. The number of rotatable bonds is 6. The molecule has 0 aliphatic heterocycles. The van der Waals surface area contributed by atoms with E-state index in [9.17, 15) is 4.79 Å². The first-order valence-corrected chi connectivity index (χ1v) is 6.64. The molecule has 1 atom stereocenters. The topological polar surface area (TPSA) is 46.3 Å². The maximum atomic E-state index is 12.1. The van der Waals surface area contributed by atoms with E-state index in [2.05, 4.69) is 6.92 Å². The molecule has 0 saturated heterocycles. The largest absolute Gasteiger partial charge is 0.399 e. The molecule has 0 radical (unpaired) electrons. The Morgan fingerprint density at radius 3 is 2.78 bits per heavy atom. The second kappa shape index (κ2) is 7.04. The molecule has 2 N–H and O–H groups in total. The predicted octanol–water partition coefficient (Wildman–Crippen LogP) is 3.05. The van der Waals surface area contributed by atoms with E-state index in [4.69, 9.17) is 5.73 Å². The van der Waals surface area contributed by atoms with Gasteiger partial charge in [-0.3, -0.25) is 4.79 Å². The van der Waals surface area contributed by atoms with Crippen LogP contribution in [0.5, 0.6) is 0 Å². The van der Waals surface area contributed by atoms with Crippen molar-refractivity contribution in [2.24, 2.45) is 5.92 Å². The van der Waals surface area contributed by atoms with E-state index in [1.807, 2.05) is 38.2 Å². The van der Waals surface area contributed by atoms with Crippen LogP contribution in [0.15, 0.2) is 24.3 Å². The zero-order valence-electron chi connectivity index (χ0n) is 11.6. The lowest BCUT2D eigenvalue weighted by molar-refractivity contribution is -0.134. The van der Waals surface area contributed by atoms with Gasteiger partial charge in [0.2, 0.25) is 5.91 Å². The third-order valence-corrected chi connectivity index (χ3v) is 3.16. The molecule has 1 unspecified atom stereocenters. The quantitative estimate of drug-likeness (QED) is 0.786. The summed E-state index contributed by atoms with van der Waals surface area (Å²) in [5.41, 5.74) is 7.55. The number of anilines is 1. The molecule has 18 heavy (non-hydrogen) atoms. The number of hydrogen-bond acceptors (Lipinski definition) is 2. The van der Waals surface area contributed by atoms with Crippen molar-refractivity contribution in [1.29, 1.82) is 0 Å². The summed E-state index contributed by atoms with van der Waals surface area (Å²) in [7, 11) is 1.86. The molecular weight excluding hydrogens is 224 g/mol. The number of unbranched alkanes of at least 4 members (excludes halogenated alkanes) is 1. The van der Waals surface area contributed by atoms with Gasteiger partial charge in [0.1, 0.15) is 0 Å².